The predicted octanol–water partition coefficient (Wildman–Crippen LogP) is 3.09. The summed E-state index contributed by atoms with van der Waals surface area (Å²) in [7, 11) is 0. The number of nitrogens with one attached hydrogen (secondary N) is 1. The molecule has 0 saturated heterocycles. The molecule has 2 unspecified atom stereocenters. The van der Waals surface area contributed by atoms with E-state index < -0.39 is 23.2 Å². The fraction of sp³-hybridized carbons (Fsp3) is 0.200. The second-order valence-corrected chi connectivity index (χ2v) is 7.96. The molecule has 2 aromatic carbocycles. The van der Waals surface area contributed by atoms with Crippen LogP contribution < -0.4 is 5.32 Å². The van der Waals surface area contributed by atoms with Gasteiger partial charge in [-0.05, 0) is 6.92 Å². The maximum Gasteiger partial charge on any atom is 0.325 e. The van der Waals surface area contributed by atoms with Crippen molar-refractivity contribution in [1.29, 1.82) is 0 Å². The SMILES string of the molecule is CC(NC(=O)C(CSC(=O)c1ccccc1)SC(=O)c1ccccc1)C(=O)O. The van der Waals surface area contributed by atoms with Crippen LogP contribution in [-0.2, 0) is 9.59 Å². The molecule has 2 N–H and O–H groups in total. The minimum absolute atomic E-state index is 0.0368. The molecule has 6 nitrogen and oxygen atoms in total. The molecule has 0 saturated carbocycles. The Morgan fingerprint density at radius 2 is 1.39 bits per heavy atom. The molecule has 8 heteroatoms. The Kier molecular flexibility index (Phi) is 8.28. The fourth-order valence-corrected chi connectivity index (χ4v) is 4.05. The molecule has 28 heavy (non-hydrogen) atoms. The average Bonchev–Trinajstić information content (AvgIpc) is 2.71. The van der Waals surface area contributed by atoms with Crippen molar-refractivity contribution in [3.8, 4) is 0 Å². The molecule has 1 amide bonds. The van der Waals surface area contributed by atoms with Gasteiger partial charge in [0.1, 0.15) is 11.3 Å². The van der Waals surface area contributed by atoms with Gasteiger partial charge in [-0.3, -0.25) is 19.2 Å². The standard InChI is InChI=1S/C20H19NO5S2/c1-13(18(23)24)21-17(22)16(28-20(26)15-10-6-3-7-11-15)12-27-19(25)14-8-4-2-5-9-14/h2-11,13,16H,12H2,1H3,(H,21,22)(H,23,24). The van der Waals surface area contributed by atoms with E-state index >= 15 is 0 Å². The molecular formula is C20H19NO5S2. The van der Waals surface area contributed by atoms with E-state index in [1.807, 2.05) is 0 Å². The first-order valence-corrected chi connectivity index (χ1v) is 10.3. The molecule has 0 aliphatic carbocycles. The van der Waals surface area contributed by atoms with Crippen LogP contribution in [0, 0.1) is 0 Å². The van der Waals surface area contributed by atoms with E-state index in [0.29, 0.717) is 11.1 Å². The van der Waals surface area contributed by atoms with Gasteiger partial charge in [0.25, 0.3) is 0 Å². The largest absolute Gasteiger partial charge is 0.480 e. The number of hydrogen-bond acceptors (Lipinski definition) is 6. The predicted molar refractivity (Wildman–Crippen MR) is 111 cm³/mol. The highest BCUT2D eigenvalue weighted by molar-refractivity contribution is 8.18. The Bertz CT molecular complexity index is 842. The molecule has 0 bridgehead atoms. The third-order valence-electron chi connectivity index (χ3n) is 3.66. The molecule has 0 heterocycles. The van der Waals surface area contributed by atoms with Gasteiger partial charge in [0.15, 0.2) is 0 Å². The van der Waals surface area contributed by atoms with E-state index in [1.165, 1.54) is 6.92 Å². The van der Waals surface area contributed by atoms with Gasteiger partial charge in [-0.1, -0.05) is 84.2 Å². The number of rotatable bonds is 8. The minimum atomic E-state index is -1.18. The molecule has 0 radical (unpaired) electrons. The third-order valence-corrected chi connectivity index (χ3v) is 5.98. The zero-order valence-electron chi connectivity index (χ0n) is 15.0. The lowest BCUT2D eigenvalue weighted by Gasteiger charge is -2.17. The van der Waals surface area contributed by atoms with Crippen LogP contribution in [0.1, 0.15) is 27.6 Å². The van der Waals surface area contributed by atoms with Crippen LogP contribution in [0.5, 0.6) is 0 Å². The molecule has 0 aliphatic heterocycles. The maximum absolute atomic E-state index is 12.5. The lowest BCUT2D eigenvalue weighted by Crippen LogP contribution is -2.44. The molecule has 2 aromatic rings. The fourth-order valence-electron chi connectivity index (χ4n) is 2.11. The molecule has 0 aliphatic rings. The average molecular weight is 418 g/mol. The van der Waals surface area contributed by atoms with Crippen LogP contribution >= 0.6 is 23.5 Å². The van der Waals surface area contributed by atoms with Crippen molar-refractivity contribution in [2.75, 3.05) is 5.75 Å². The Hall–Kier alpha value is -2.58. The van der Waals surface area contributed by atoms with E-state index in [4.69, 9.17) is 5.11 Å². The number of aliphatic carboxylic acids is 1. The van der Waals surface area contributed by atoms with E-state index in [-0.39, 0.29) is 16.0 Å². The van der Waals surface area contributed by atoms with Gasteiger partial charge in [-0.25, -0.2) is 0 Å². The van der Waals surface area contributed by atoms with Crippen LogP contribution in [0.4, 0.5) is 0 Å². The van der Waals surface area contributed by atoms with E-state index in [2.05, 4.69) is 5.32 Å². The van der Waals surface area contributed by atoms with Crippen LogP contribution in [0.3, 0.4) is 0 Å². The second-order valence-electron chi connectivity index (χ2n) is 5.79. The van der Waals surface area contributed by atoms with E-state index in [1.54, 1.807) is 60.7 Å². The van der Waals surface area contributed by atoms with Crippen molar-refractivity contribution >= 4 is 45.6 Å². The number of thioether (sulfide) groups is 2. The molecule has 2 atom stereocenters. The minimum Gasteiger partial charge on any atom is -0.480 e. The highest BCUT2D eigenvalue weighted by Gasteiger charge is 2.27. The van der Waals surface area contributed by atoms with Gasteiger partial charge in [0.05, 0.1) is 0 Å². The monoisotopic (exact) mass is 417 g/mol. The quantitative estimate of drug-likeness (QED) is 0.681. The lowest BCUT2D eigenvalue weighted by molar-refractivity contribution is -0.141. The first-order valence-electron chi connectivity index (χ1n) is 8.40. The summed E-state index contributed by atoms with van der Waals surface area (Å²) in [6.45, 7) is 1.34. The third kappa shape index (κ3) is 6.54. The second kappa shape index (κ2) is 10.7. The maximum atomic E-state index is 12.5. The number of amides is 1. The normalized spacial score (nSPS) is 12.6. The van der Waals surface area contributed by atoms with Crippen molar-refractivity contribution in [1.82, 2.24) is 5.32 Å². The summed E-state index contributed by atoms with van der Waals surface area (Å²) in [5.74, 6) is -1.74. The number of hydrogen-bond donors (Lipinski definition) is 2. The summed E-state index contributed by atoms with van der Waals surface area (Å²) in [5.41, 5.74) is 0.918. The van der Waals surface area contributed by atoms with Crippen molar-refractivity contribution in [3.05, 3.63) is 71.8 Å². The van der Waals surface area contributed by atoms with Crippen LogP contribution in [-0.4, -0.2) is 44.3 Å². The lowest BCUT2D eigenvalue weighted by atomic mass is 10.2. The van der Waals surface area contributed by atoms with Crippen molar-refractivity contribution in [2.45, 2.75) is 18.2 Å². The number of carbonyl (C=O) groups excluding carboxylic acids is 3. The summed E-state index contributed by atoms with van der Waals surface area (Å²) in [6, 6.07) is 16.0. The Morgan fingerprint density at radius 1 is 0.893 bits per heavy atom. The molecule has 0 fully saturated rings. The topological polar surface area (TPSA) is 101 Å². The first-order chi connectivity index (χ1) is 13.4. The van der Waals surface area contributed by atoms with E-state index in [9.17, 15) is 19.2 Å². The zero-order valence-corrected chi connectivity index (χ0v) is 16.7. The van der Waals surface area contributed by atoms with Crippen molar-refractivity contribution in [3.63, 3.8) is 0 Å². The molecule has 2 rings (SSSR count). The van der Waals surface area contributed by atoms with Crippen LogP contribution in [0.15, 0.2) is 60.7 Å². The molecule has 146 valence electrons. The Morgan fingerprint density at radius 3 is 1.89 bits per heavy atom. The van der Waals surface area contributed by atoms with Gasteiger partial charge in [-0.2, -0.15) is 0 Å². The first kappa shape index (κ1) is 21.7. The summed E-state index contributed by atoms with van der Waals surface area (Å²) in [5, 5.41) is 9.90. The Labute approximate surface area is 171 Å². The highest BCUT2D eigenvalue weighted by Crippen LogP contribution is 2.24. The van der Waals surface area contributed by atoms with Crippen LogP contribution in [0.2, 0.25) is 0 Å². The number of carbonyl (C=O) groups is 4. The Balaban J connectivity index is 2.08. The van der Waals surface area contributed by atoms with Gasteiger partial charge in [0, 0.05) is 16.9 Å². The summed E-state index contributed by atoms with van der Waals surface area (Å²) in [6.07, 6.45) is 0. The van der Waals surface area contributed by atoms with Gasteiger partial charge in [-0.15, -0.1) is 0 Å². The van der Waals surface area contributed by atoms with Gasteiger partial charge in [0.2, 0.25) is 16.1 Å². The van der Waals surface area contributed by atoms with Crippen molar-refractivity contribution in [2.24, 2.45) is 0 Å². The number of carboxylic acids is 1. The van der Waals surface area contributed by atoms with Crippen molar-refractivity contribution < 1.29 is 24.3 Å². The van der Waals surface area contributed by atoms with Gasteiger partial charge >= 0.3 is 5.97 Å². The molecule has 0 aromatic heterocycles. The zero-order chi connectivity index (χ0) is 20.5. The van der Waals surface area contributed by atoms with Crippen LogP contribution in [0.25, 0.3) is 0 Å². The number of carboxylic acid groups (broad SMARTS) is 1. The summed E-state index contributed by atoms with van der Waals surface area (Å²) in [4.78, 5) is 48.3. The summed E-state index contributed by atoms with van der Waals surface area (Å²) < 4.78 is 0. The number of benzene rings is 2. The molecule has 0 spiro atoms. The van der Waals surface area contributed by atoms with Gasteiger partial charge < -0.3 is 10.4 Å². The smallest absolute Gasteiger partial charge is 0.325 e. The van der Waals surface area contributed by atoms with E-state index in [0.717, 1.165) is 23.5 Å². The highest BCUT2D eigenvalue weighted by atomic mass is 32.2. The molecular weight excluding hydrogens is 398 g/mol. The summed E-state index contributed by atoms with van der Waals surface area (Å²) >= 11 is 1.70.